The summed E-state index contributed by atoms with van der Waals surface area (Å²) in [5.41, 5.74) is 9.24. The van der Waals surface area contributed by atoms with E-state index in [4.69, 9.17) is 5.73 Å². The molecule has 0 unspecified atom stereocenters. The van der Waals surface area contributed by atoms with Gasteiger partial charge in [0.1, 0.15) is 11.6 Å². The molecule has 2 N–H and O–H groups in total. The topological polar surface area (TPSA) is 51.8 Å². The van der Waals surface area contributed by atoms with Crippen LogP contribution >= 0.6 is 0 Å². The van der Waals surface area contributed by atoms with Gasteiger partial charge in [0.2, 0.25) is 0 Å². The molecule has 0 spiro atoms. The molecule has 3 heteroatoms. The standard InChI is InChI=1S/C16H21N3/c1-3-5-12-7-9-13(10-8-12)14-11-15(17)19-16(18-14)6-4-2/h7-11H,3-6H2,1-2H3,(H2,17,18,19). The molecule has 19 heavy (non-hydrogen) atoms. The van der Waals surface area contributed by atoms with Crippen LogP contribution in [-0.2, 0) is 12.8 Å². The van der Waals surface area contributed by atoms with E-state index in [0.29, 0.717) is 5.82 Å². The lowest BCUT2D eigenvalue weighted by Crippen LogP contribution is -2.01. The van der Waals surface area contributed by atoms with Crippen molar-refractivity contribution in [2.24, 2.45) is 0 Å². The van der Waals surface area contributed by atoms with Gasteiger partial charge in [0.25, 0.3) is 0 Å². The maximum atomic E-state index is 5.85. The van der Waals surface area contributed by atoms with Gasteiger partial charge < -0.3 is 5.73 Å². The van der Waals surface area contributed by atoms with Crippen molar-refractivity contribution < 1.29 is 0 Å². The number of nitrogens with two attached hydrogens (primary N) is 1. The number of hydrogen-bond acceptors (Lipinski definition) is 3. The number of anilines is 1. The molecule has 100 valence electrons. The van der Waals surface area contributed by atoms with E-state index in [-0.39, 0.29) is 0 Å². The van der Waals surface area contributed by atoms with Gasteiger partial charge >= 0.3 is 0 Å². The first-order valence-electron chi connectivity index (χ1n) is 6.95. The van der Waals surface area contributed by atoms with E-state index in [0.717, 1.165) is 36.3 Å². The van der Waals surface area contributed by atoms with Gasteiger partial charge in [0.15, 0.2) is 0 Å². The molecule has 3 nitrogen and oxygen atoms in total. The van der Waals surface area contributed by atoms with Crippen molar-refractivity contribution in [1.82, 2.24) is 9.97 Å². The normalized spacial score (nSPS) is 10.6. The van der Waals surface area contributed by atoms with Crippen molar-refractivity contribution in [3.8, 4) is 11.3 Å². The largest absolute Gasteiger partial charge is 0.384 e. The first kappa shape index (κ1) is 13.5. The van der Waals surface area contributed by atoms with Crippen molar-refractivity contribution in [1.29, 1.82) is 0 Å². The number of rotatable bonds is 5. The average Bonchev–Trinajstić information content (AvgIpc) is 2.40. The van der Waals surface area contributed by atoms with E-state index in [1.54, 1.807) is 0 Å². The summed E-state index contributed by atoms with van der Waals surface area (Å²) in [5.74, 6) is 1.38. The van der Waals surface area contributed by atoms with Crippen LogP contribution in [0.3, 0.4) is 0 Å². The molecule has 0 atom stereocenters. The number of nitrogen functional groups attached to an aromatic ring is 1. The Balaban J connectivity index is 2.29. The zero-order valence-electron chi connectivity index (χ0n) is 11.7. The third kappa shape index (κ3) is 3.53. The summed E-state index contributed by atoms with van der Waals surface area (Å²) in [6.07, 6.45) is 4.18. The zero-order valence-corrected chi connectivity index (χ0v) is 11.7. The highest BCUT2D eigenvalue weighted by molar-refractivity contribution is 5.62. The lowest BCUT2D eigenvalue weighted by molar-refractivity contribution is 0.839. The van der Waals surface area contributed by atoms with Crippen LogP contribution in [-0.4, -0.2) is 9.97 Å². The van der Waals surface area contributed by atoms with Crippen molar-refractivity contribution >= 4 is 5.82 Å². The van der Waals surface area contributed by atoms with Gasteiger partial charge in [-0.3, -0.25) is 0 Å². The second-order valence-electron chi connectivity index (χ2n) is 4.79. The minimum absolute atomic E-state index is 0.547. The molecule has 0 aliphatic rings. The highest BCUT2D eigenvalue weighted by Gasteiger charge is 2.04. The lowest BCUT2D eigenvalue weighted by atomic mass is 10.1. The summed E-state index contributed by atoms with van der Waals surface area (Å²) in [6, 6.07) is 10.4. The minimum atomic E-state index is 0.547. The molecule has 0 radical (unpaired) electrons. The Bertz CT molecular complexity index is 532. The molecule has 0 bridgehead atoms. The molecule has 2 aromatic rings. The maximum Gasteiger partial charge on any atom is 0.131 e. The Morgan fingerprint density at radius 2 is 1.63 bits per heavy atom. The van der Waals surface area contributed by atoms with Crippen LogP contribution in [0.5, 0.6) is 0 Å². The van der Waals surface area contributed by atoms with E-state index in [2.05, 4.69) is 48.1 Å². The molecule has 1 aromatic heterocycles. The third-order valence-corrected chi connectivity index (χ3v) is 3.05. The molecule has 2 rings (SSSR count). The Morgan fingerprint density at radius 3 is 2.26 bits per heavy atom. The monoisotopic (exact) mass is 255 g/mol. The number of hydrogen-bond donors (Lipinski definition) is 1. The highest BCUT2D eigenvalue weighted by atomic mass is 14.9. The van der Waals surface area contributed by atoms with Crippen molar-refractivity contribution in [3.05, 3.63) is 41.7 Å². The van der Waals surface area contributed by atoms with Gasteiger partial charge in [-0.2, -0.15) is 0 Å². The quantitative estimate of drug-likeness (QED) is 0.887. The van der Waals surface area contributed by atoms with Crippen molar-refractivity contribution in [3.63, 3.8) is 0 Å². The van der Waals surface area contributed by atoms with Crippen LogP contribution in [0, 0.1) is 0 Å². The molecule has 1 heterocycles. The van der Waals surface area contributed by atoms with Crippen molar-refractivity contribution in [2.75, 3.05) is 5.73 Å². The van der Waals surface area contributed by atoms with Crippen LogP contribution in [0.1, 0.15) is 38.1 Å². The van der Waals surface area contributed by atoms with Gasteiger partial charge in [-0.25, -0.2) is 9.97 Å². The van der Waals surface area contributed by atoms with E-state index >= 15 is 0 Å². The molecule has 0 amide bonds. The van der Waals surface area contributed by atoms with E-state index in [1.807, 2.05) is 6.07 Å². The summed E-state index contributed by atoms with van der Waals surface area (Å²) in [5, 5.41) is 0. The lowest BCUT2D eigenvalue weighted by Gasteiger charge is -2.06. The fourth-order valence-electron chi connectivity index (χ4n) is 2.13. The van der Waals surface area contributed by atoms with Crippen LogP contribution in [0.15, 0.2) is 30.3 Å². The maximum absolute atomic E-state index is 5.85. The summed E-state index contributed by atoms with van der Waals surface area (Å²) in [4.78, 5) is 8.84. The summed E-state index contributed by atoms with van der Waals surface area (Å²) >= 11 is 0. The number of aryl methyl sites for hydroxylation is 2. The van der Waals surface area contributed by atoms with Crippen molar-refractivity contribution in [2.45, 2.75) is 39.5 Å². The molecular weight excluding hydrogens is 234 g/mol. The summed E-state index contributed by atoms with van der Waals surface area (Å²) < 4.78 is 0. The fourth-order valence-corrected chi connectivity index (χ4v) is 2.13. The van der Waals surface area contributed by atoms with Crippen LogP contribution in [0.2, 0.25) is 0 Å². The molecule has 0 aliphatic heterocycles. The van der Waals surface area contributed by atoms with Gasteiger partial charge in [-0.15, -0.1) is 0 Å². The summed E-state index contributed by atoms with van der Waals surface area (Å²) in [6.45, 7) is 4.31. The first-order chi connectivity index (χ1) is 9.22. The van der Waals surface area contributed by atoms with Crippen LogP contribution in [0.25, 0.3) is 11.3 Å². The average molecular weight is 255 g/mol. The predicted molar refractivity (Wildman–Crippen MR) is 79.9 cm³/mol. The molecule has 0 fully saturated rings. The Morgan fingerprint density at radius 1 is 0.947 bits per heavy atom. The van der Waals surface area contributed by atoms with E-state index in [1.165, 1.54) is 12.0 Å². The SMILES string of the molecule is CCCc1ccc(-c2cc(N)nc(CCC)n2)cc1. The molecule has 0 saturated carbocycles. The third-order valence-electron chi connectivity index (χ3n) is 3.05. The van der Waals surface area contributed by atoms with Gasteiger partial charge in [-0.05, 0) is 18.4 Å². The number of benzene rings is 1. The Kier molecular flexibility index (Phi) is 4.50. The number of aromatic nitrogens is 2. The number of nitrogens with zero attached hydrogens (tertiary/aromatic N) is 2. The summed E-state index contributed by atoms with van der Waals surface area (Å²) in [7, 11) is 0. The molecule has 0 saturated heterocycles. The van der Waals surface area contributed by atoms with E-state index in [9.17, 15) is 0 Å². The molecule has 0 aliphatic carbocycles. The predicted octanol–water partition coefficient (Wildman–Crippen LogP) is 3.63. The second-order valence-corrected chi connectivity index (χ2v) is 4.79. The van der Waals surface area contributed by atoms with Gasteiger partial charge in [0, 0.05) is 18.1 Å². The first-order valence-corrected chi connectivity index (χ1v) is 6.95. The van der Waals surface area contributed by atoms with Crippen LogP contribution < -0.4 is 5.73 Å². The van der Waals surface area contributed by atoms with Gasteiger partial charge in [-0.1, -0.05) is 44.5 Å². The molecule has 1 aromatic carbocycles. The minimum Gasteiger partial charge on any atom is -0.384 e. The smallest absolute Gasteiger partial charge is 0.131 e. The Labute approximate surface area is 114 Å². The second kappa shape index (κ2) is 6.32. The highest BCUT2D eigenvalue weighted by Crippen LogP contribution is 2.20. The van der Waals surface area contributed by atoms with E-state index < -0.39 is 0 Å². The zero-order chi connectivity index (χ0) is 13.7. The van der Waals surface area contributed by atoms with Gasteiger partial charge in [0.05, 0.1) is 5.69 Å². The fraction of sp³-hybridized carbons (Fsp3) is 0.375. The van der Waals surface area contributed by atoms with Crippen LogP contribution in [0.4, 0.5) is 5.82 Å². The molecular formula is C16H21N3. The Hall–Kier alpha value is -1.90.